The predicted molar refractivity (Wildman–Crippen MR) is 134 cm³/mol. The van der Waals surface area contributed by atoms with E-state index >= 15 is 0 Å². The fourth-order valence-corrected chi connectivity index (χ4v) is 4.81. The second-order valence-electron chi connectivity index (χ2n) is 7.58. The summed E-state index contributed by atoms with van der Waals surface area (Å²) < 4.78 is 34.0. The van der Waals surface area contributed by atoms with E-state index in [1.54, 1.807) is 49.4 Å². The first kappa shape index (κ1) is 24.9. The molecule has 4 aromatic rings. The van der Waals surface area contributed by atoms with Crippen molar-refractivity contribution in [3.63, 3.8) is 0 Å². The van der Waals surface area contributed by atoms with Crippen LogP contribution in [-0.2, 0) is 10.0 Å². The van der Waals surface area contributed by atoms with E-state index in [1.807, 2.05) is 0 Å². The van der Waals surface area contributed by atoms with Crippen LogP contribution in [0.5, 0.6) is 0 Å². The Morgan fingerprint density at radius 3 is 2.53 bits per heavy atom. The molecule has 0 bridgehead atoms. The lowest BCUT2D eigenvalue weighted by Gasteiger charge is -2.28. The molecule has 0 fully saturated rings. The zero-order valence-corrected chi connectivity index (χ0v) is 20.3. The Bertz CT molecular complexity index is 1510. The highest BCUT2D eigenvalue weighted by atomic mass is 35.5. The van der Waals surface area contributed by atoms with Gasteiger partial charge in [-0.2, -0.15) is 0 Å². The van der Waals surface area contributed by atoms with E-state index in [-0.39, 0.29) is 21.2 Å². The smallest absolute Gasteiger partial charge is 0.289 e. The van der Waals surface area contributed by atoms with Crippen LogP contribution in [0.1, 0.15) is 29.1 Å². The molecule has 2 aromatic carbocycles. The molecule has 2 aromatic heterocycles. The van der Waals surface area contributed by atoms with Crippen molar-refractivity contribution in [1.82, 2.24) is 4.98 Å². The normalized spacial score (nSPS) is 12.1. The SMILES string of the molecule is C[C@@H](c1ccco1)N(C(=O)c1ccccc1NS(=O)(=O)c1ccc(Cl)c([N+](=O)[O-])c1)c1ccccn1. The number of carbonyl (C=O) groups is 1. The molecule has 184 valence electrons. The maximum atomic E-state index is 13.8. The average molecular weight is 527 g/mol. The van der Waals surface area contributed by atoms with Crippen LogP contribution in [0.15, 0.2) is 94.6 Å². The van der Waals surface area contributed by atoms with Crippen molar-refractivity contribution in [3.8, 4) is 0 Å². The summed E-state index contributed by atoms with van der Waals surface area (Å²) in [6.07, 6.45) is 3.02. The fraction of sp³-hybridized carbons (Fsp3) is 0.0833. The quantitative estimate of drug-likeness (QED) is 0.238. The first-order chi connectivity index (χ1) is 17.2. The van der Waals surface area contributed by atoms with Crippen molar-refractivity contribution in [2.45, 2.75) is 17.9 Å². The summed E-state index contributed by atoms with van der Waals surface area (Å²) in [4.78, 5) is 29.5. The van der Waals surface area contributed by atoms with Gasteiger partial charge in [-0.15, -0.1) is 0 Å². The number of anilines is 2. The molecule has 0 aliphatic rings. The van der Waals surface area contributed by atoms with Crippen molar-refractivity contribution in [2.75, 3.05) is 9.62 Å². The topological polar surface area (TPSA) is 136 Å². The van der Waals surface area contributed by atoms with Gasteiger partial charge < -0.3 is 4.42 Å². The van der Waals surface area contributed by atoms with Gasteiger partial charge in [0.2, 0.25) is 0 Å². The molecular formula is C24H19ClN4O6S. The summed E-state index contributed by atoms with van der Waals surface area (Å²) in [5, 5.41) is 11.0. The Morgan fingerprint density at radius 2 is 1.86 bits per heavy atom. The third kappa shape index (κ3) is 5.07. The van der Waals surface area contributed by atoms with Gasteiger partial charge in [0.05, 0.1) is 33.4 Å². The van der Waals surface area contributed by atoms with Crippen molar-refractivity contribution in [2.24, 2.45) is 0 Å². The molecule has 0 saturated heterocycles. The number of benzene rings is 2. The molecule has 0 radical (unpaired) electrons. The molecule has 0 aliphatic carbocycles. The standard InChI is InChI=1S/C24H19ClN4O6S/c1-16(22-9-6-14-35-22)28(23-10-4-5-13-26-23)24(30)18-7-2-3-8-20(18)27-36(33,34)17-11-12-19(25)21(15-17)29(31)32/h2-16,27H,1H3/t16-/m0/s1. The first-order valence-corrected chi connectivity index (χ1v) is 12.4. The van der Waals surface area contributed by atoms with Crippen LogP contribution in [0.2, 0.25) is 5.02 Å². The van der Waals surface area contributed by atoms with E-state index in [0.717, 1.165) is 18.2 Å². The van der Waals surface area contributed by atoms with Crippen LogP contribution in [0.3, 0.4) is 0 Å². The van der Waals surface area contributed by atoms with Gasteiger partial charge in [0.15, 0.2) is 0 Å². The lowest BCUT2D eigenvalue weighted by molar-refractivity contribution is -0.384. The number of pyridine rings is 1. The summed E-state index contributed by atoms with van der Waals surface area (Å²) in [5.41, 5.74) is -0.543. The van der Waals surface area contributed by atoms with Gasteiger partial charge in [-0.25, -0.2) is 13.4 Å². The van der Waals surface area contributed by atoms with Crippen LogP contribution < -0.4 is 9.62 Å². The molecule has 1 amide bonds. The van der Waals surface area contributed by atoms with Gasteiger partial charge >= 0.3 is 0 Å². The maximum absolute atomic E-state index is 13.8. The Labute approximate surface area is 211 Å². The van der Waals surface area contributed by atoms with Gasteiger partial charge in [-0.05, 0) is 55.5 Å². The van der Waals surface area contributed by atoms with E-state index < -0.39 is 32.6 Å². The largest absolute Gasteiger partial charge is 0.467 e. The molecule has 36 heavy (non-hydrogen) atoms. The molecule has 0 saturated carbocycles. The number of furan rings is 1. The number of nitro benzene ring substituents is 1. The Kier molecular flexibility index (Phi) is 7.04. The molecule has 4 rings (SSSR count). The predicted octanol–water partition coefficient (Wildman–Crippen LogP) is 5.45. The molecule has 0 spiro atoms. The van der Waals surface area contributed by atoms with Gasteiger partial charge in [0, 0.05) is 12.3 Å². The number of nitro groups is 1. The van der Waals surface area contributed by atoms with Crippen molar-refractivity contribution >= 4 is 44.7 Å². The summed E-state index contributed by atoms with van der Waals surface area (Å²) in [5.74, 6) is 0.288. The van der Waals surface area contributed by atoms with E-state index in [1.165, 1.54) is 29.5 Å². The Hall–Kier alpha value is -4.22. The van der Waals surface area contributed by atoms with Gasteiger partial charge in [-0.3, -0.25) is 24.5 Å². The second-order valence-corrected chi connectivity index (χ2v) is 9.67. The molecule has 1 atom stereocenters. The summed E-state index contributed by atoms with van der Waals surface area (Å²) in [7, 11) is -4.31. The number of aromatic nitrogens is 1. The molecule has 1 N–H and O–H groups in total. The fourth-order valence-electron chi connectivity index (χ4n) is 3.52. The number of nitrogens with zero attached hydrogens (tertiary/aromatic N) is 3. The number of rotatable bonds is 8. The van der Waals surface area contributed by atoms with Gasteiger partial charge in [0.1, 0.15) is 16.6 Å². The highest BCUT2D eigenvalue weighted by Crippen LogP contribution is 2.32. The highest BCUT2D eigenvalue weighted by molar-refractivity contribution is 7.92. The molecule has 0 aliphatic heterocycles. The van der Waals surface area contributed by atoms with Crippen LogP contribution in [0, 0.1) is 10.1 Å². The second kappa shape index (κ2) is 10.2. The van der Waals surface area contributed by atoms with E-state index in [2.05, 4.69) is 9.71 Å². The third-order valence-electron chi connectivity index (χ3n) is 5.28. The molecule has 0 unspecified atom stereocenters. The summed E-state index contributed by atoms with van der Waals surface area (Å²) >= 11 is 5.81. The minimum absolute atomic E-state index is 0.0207. The van der Waals surface area contributed by atoms with Crippen LogP contribution >= 0.6 is 11.6 Å². The highest BCUT2D eigenvalue weighted by Gasteiger charge is 2.30. The van der Waals surface area contributed by atoms with Gasteiger partial charge in [0.25, 0.3) is 21.6 Å². The molecular weight excluding hydrogens is 508 g/mol. The number of carbonyl (C=O) groups excluding carboxylic acids is 1. The Morgan fingerprint density at radius 1 is 1.11 bits per heavy atom. The monoisotopic (exact) mass is 526 g/mol. The average Bonchev–Trinajstić information content (AvgIpc) is 3.40. The van der Waals surface area contributed by atoms with Crippen LogP contribution in [0.25, 0.3) is 0 Å². The van der Waals surface area contributed by atoms with Crippen LogP contribution in [0.4, 0.5) is 17.2 Å². The van der Waals surface area contributed by atoms with Gasteiger partial charge in [-0.1, -0.05) is 29.8 Å². The third-order valence-corrected chi connectivity index (χ3v) is 6.97. The van der Waals surface area contributed by atoms with E-state index in [4.69, 9.17) is 16.0 Å². The molecule has 2 heterocycles. The summed E-state index contributed by atoms with van der Waals surface area (Å²) in [6.45, 7) is 1.76. The number of sulfonamides is 1. The number of hydrogen-bond donors (Lipinski definition) is 1. The lowest BCUT2D eigenvalue weighted by Crippen LogP contribution is -2.34. The van der Waals surface area contributed by atoms with Crippen molar-refractivity contribution in [1.29, 1.82) is 0 Å². The molecule has 12 heteroatoms. The minimum Gasteiger partial charge on any atom is -0.467 e. The van der Waals surface area contributed by atoms with Crippen molar-refractivity contribution in [3.05, 3.63) is 112 Å². The zero-order valence-electron chi connectivity index (χ0n) is 18.7. The Balaban J connectivity index is 1.74. The van der Waals surface area contributed by atoms with Crippen LogP contribution in [-0.4, -0.2) is 24.2 Å². The number of nitrogens with one attached hydrogen (secondary N) is 1. The van der Waals surface area contributed by atoms with E-state index in [0.29, 0.717) is 11.6 Å². The first-order valence-electron chi connectivity index (χ1n) is 10.5. The maximum Gasteiger partial charge on any atom is 0.289 e. The van der Waals surface area contributed by atoms with Crippen molar-refractivity contribution < 1.29 is 22.6 Å². The lowest BCUT2D eigenvalue weighted by atomic mass is 10.1. The number of amides is 1. The minimum atomic E-state index is -4.31. The zero-order chi connectivity index (χ0) is 25.9. The number of para-hydroxylation sites is 1. The summed E-state index contributed by atoms with van der Waals surface area (Å²) in [6, 6.07) is 17.1. The van der Waals surface area contributed by atoms with E-state index in [9.17, 15) is 23.3 Å². The number of hydrogen-bond acceptors (Lipinski definition) is 7. The number of halogens is 1. The molecule has 10 nitrogen and oxygen atoms in total.